The van der Waals surface area contributed by atoms with Crippen LogP contribution in [0.15, 0.2) is 206 Å². The van der Waals surface area contributed by atoms with Crippen molar-refractivity contribution in [3.63, 3.8) is 0 Å². The minimum absolute atomic E-state index is 0.553. The van der Waals surface area contributed by atoms with Gasteiger partial charge in [0.15, 0.2) is 0 Å². The number of nitriles is 1. The number of benzene rings is 10. The zero-order chi connectivity index (χ0) is 53.5. The Bertz CT molecular complexity index is 4110. The van der Waals surface area contributed by atoms with Crippen LogP contribution in [-0.4, -0.2) is 14.1 Å². The van der Waals surface area contributed by atoms with Crippen molar-refractivity contribution in [1.82, 2.24) is 14.1 Å². The number of nitrogens with zero attached hydrogens (tertiary/aromatic N) is 4. The van der Waals surface area contributed by atoms with E-state index in [1.165, 1.54) is 44.5 Å². The normalized spacial score (nSPS) is 11.6. The number of aryl methyl sites for hydroxylation is 8. The molecule has 4 nitrogen and oxygen atoms in total. The third-order valence-corrected chi connectivity index (χ3v) is 15.6. The third-order valence-electron chi connectivity index (χ3n) is 15.6. The van der Waals surface area contributed by atoms with Gasteiger partial charge in [0.05, 0.1) is 44.8 Å². The molecule has 78 heavy (non-hydrogen) atoms. The monoisotopic (exact) mass is 1000 g/mol. The van der Waals surface area contributed by atoms with Crippen molar-refractivity contribution in [2.75, 3.05) is 0 Å². The molecule has 0 saturated heterocycles. The second-order valence-corrected chi connectivity index (χ2v) is 21.9. The maximum Gasteiger partial charge on any atom is 0.104 e. The van der Waals surface area contributed by atoms with E-state index < -0.39 is 0 Å². The smallest absolute Gasteiger partial charge is 0.104 e. The molecule has 0 aliphatic heterocycles. The quantitative estimate of drug-likeness (QED) is 0.152. The van der Waals surface area contributed by atoms with Crippen LogP contribution in [0.4, 0.5) is 0 Å². The summed E-state index contributed by atoms with van der Waals surface area (Å²) in [6, 6.07) is 78.5. The Balaban J connectivity index is 1.18. The molecule has 10 aromatic carbocycles. The predicted molar refractivity (Wildman–Crippen MR) is 328 cm³/mol. The van der Waals surface area contributed by atoms with Crippen LogP contribution in [-0.2, 0) is 0 Å². The average molecular weight is 1000 g/mol. The Labute approximate surface area is 456 Å². The van der Waals surface area contributed by atoms with Crippen molar-refractivity contribution in [2.24, 2.45) is 0 Å². The number of pyridine rings is 1. The van der Waals surface area contributed by atoms with Crippen LogP contribution >= 0.6 is 0 Å². The number of hydrogen-bond donors (Lipinski definition) is 0. The second kappa shape index (κ2) is 18.9. The van der Waals surface area contributed by atoms with Crippen molar-refractivity contribution < 1.29 is 0 Å². The second-order valence-electron chi connectivity index (χ2n) is 21.9. The van der Waals surface area contributed by atoms with Crippen molar-refractivity contribution in [3.8, 4) is 84.5 Å². The molecule has 3 aromatic heterocycles. The van der Waals surface area contributed by atoms with Gasteiger partial charge < -0.3 is 9.13 Å². The maximum absolute atomic E-state index is 12.2. The fourth-order valence-corrected chi connectivity index (χ4v) is 12.4. The summed E-state index contributed by atoms with van der Waals surface area (Å²) in [4.78, 5) is 5.44. The molecule has 13 rings (SSSR count). The van der Waals surface area contributed by atoms with Gasteiger partial charge >= 0.3 is 0 Å². The molecule has 4 heteroatoms. The van der Waals surface area contributed by atoms with Crippen LogP contribution in [0, 0.1) is 66.7 Å². The molecule has 3 heterocycles. The Kier molecular flexibility index (Phi) is 11.7. The summed E-state index contributed by atoms with van der Waals surface area (Å²) in [6.07, 6.45) is 0. The number of aromatic nitrogens is 3. The lowest BCUT2D eigenvalue weighted by molar-refractivity contribution is 1.12. The lowest BCUT2D eigenvalue weighted by Gasteiger charge is -2.19. The Hall–Kier alpha value is -9.56. The van der Waals surface area contributed by atoms with Gasteiger partial charge in [-0.15, -0.1) is 0 Å². The minimum atomic E-state index is 0.553. The fraction of sp³-hybridized carbons (Fsp3) is 0.108. The molecule has 0 fully saturated rings. The van der Waals surface area contributed by atoms with Gasteiger partial charge in [0, 0.05) is 32.7 Å². The van der Waals surface area contributed by atoms with Gasteiger partial charge in [-0.05, 0) is 148 Å². The van der Waals surface area contributed by atoms with E-state index in [-0.39, 0.29) is 0 Å². The lowest BCUT2D eigenvalue weighted by atomic mass is 9.98. The first-order valence-electron chi connectivity index (χ1n) is 27.0. The van der Waals surface area contributed by atoms with Crippen molar-refractivity contribution in [1.29, 1.82) is 5.26 Å². The molecule has 0 unspecified atom stereocenters. The van der Waals surface area contributed by atoms with Crippen LogP contribution < -0.4 is 0 Å². The zero-order valence-electron chi connectivity index (χ0n) is 45.4. The summed E-state index contributed by atoms with van der Waals surface area (Å²) in [5.41, 5.74) is 28.6. The summed E-state index contributed by atoms with van der Waals surface area (Å²) in [7, 11) is 0. The molecule has 0 radical (unpaired) electrons. The van der Waals surface area contributed by atoms with E-state index in [0.29, 0.717) is 5.56 Å². The largest absolute Gasteiger partial charge is 0.308 e. The minimum Gasteiger partial charge on any atom is -0.308 e. The summed E-state index contributed by atoms with van der Waals surface area (Å²) in [5.74, 6) is 0. The molecular weight excluding hydrogens is 945 g/mol. The highest BCUT2D eigenvalue weighted by Crippen LogP contribution is 2.44. The summed E-state index contributed by atoms with van der Waals surface area (Å²) >= 11 is 0. The highest BCUT2D eigenvalue weighted by atomic mass is 15.0. The maximum atomic E-state index is 12.2. The number of fused-ring (bicyclic) bond motifs is 6. The van der Waals surface area contributed by atoms with E-state index in [1.807, 2.05) is 6.07 Å². The van der Waals surface area contributed by atoms with Crippen LogP contribution in [0.2, 0.25) is 0 Å². The highest BCUT2D eigenvalue weighted by Gasteiger charge is 2.25. The first-order chi connectivity index (χ1) is 37.8. The van der Waals surface area contributed by atoms with E-state index in [4.69, 9.17) is 4.98 Å². The van der Waals surface area contributed by atoms with Gasteiger partial charge in [-0.2, -0.15) is 5.26 Å². The van der Waals surface area contributed by atoms with E-state index in [2.05, 4.69) is 271 Å². The molecule has 0 aliphatic carbocycles. The molecule has 0 saturated carbocycles. The molecule has 0 N–H and O–H groups in total. The number of hydrogen-bond acceptors (Lipinski definition) is 2. The van der Waals surface area contributed by atoms with E-state index >= 15 is 0 Å². The van der Waals surface area contributed by atoms with Gasteiger partial charge in [-0.25, -0.2) is 4.98 Å². The molecule has 0 spiro atoms. The van der Waals surface area contributed by atoms with Crippen LogP contribution in [0.3, 0.4) is 0 Å². The van der Waals surface area contributed by atoms with Crippen molar-refractivity contribution in [2.45, 2.75) is 55.4 Å². The summed E-state index contributed by atoms with van der Waals surface area (Å²) < 4.78 is 4.73. The first kappa shape index (κ1) is 48.1. The Morgan fingerprint density at radius 2 is 0.590 bits per heavy atom. The van der Waals surface area contributed by atoms with Crippen molar-refractivity contribution >= 4 is 43.6 Å². The molecule has 13 aromatic rings. The standard InChI is InChI=1S/C74H58N4/c1-44-25-45(2)30-57(29-44)53-17-21-62-63-22-18-54(58-31-46(3)26-47(4)32-58)38-70(63)77(69(62)37-53)73-41-61(68-16-12-15-67(76-68)52-13-10-9-11-14-52)42-74(66(73)43-75)78-71-39-55(59-33-48(5)27-49(6)34-59)19-23-64(71)65-24-20-56(40-72(65)78)60-35-50(7)28-51(8)36-60/h9-42H,1-8H3. The van der Waals surface area contributed by atoms with Crippen molar-refractivity contribution in [3.05, 3.63) is 256 Å². The van der Waals surface area contributed by atoms with Crippen LogP contribution in [0.25, 0.3) is 122 Å². The highest BCUT2D eigenvalue weighted by molar-refractivity contribution is 6.13. The molecule has 374 valence electrons. The Morgan fingerprint density at radius 3 is 0.897 bits per heavy atom. The predicted octanol–water partition coefficient (Wildman–Crippen LogP) is 19.6. The first-order valence-corrected chi connectivity index (χ1v) is 27.0. The summed E-state index contributed by atoms with van der Waals surface area (Å²) in [6.45, 7) is 17.3. The van der Waals surface area contributed by atoms with Crippen LogP contribution in [0.5, 0.6) is 0 Å². The number of rotatable bonds is 8. The van der Waals surface area contributed by atoms with Gasteiger partial charge in [0.25, 0.3) is 0 Å². The Morgan fingerprint density at radius 1 is 0.282 bits per heavy atom. The topological polar surface area (TPSA) is 46.5 Å². The van der Waals surface area contributed by atoms with Crippen LogP contribution in [0.1, 0.15) is 50.1 Å². The molecule has 0 atom stereocenters. The third kappa shape index (κ3) is 8.55. The van der Waals surface area contributed by atoms with Gasteiger partial charge in [0.1, 0.15) is 11.6 Å². The summed E-state index contributed by atoms with van der Waals surface area (Å²) in [5, 5.41) is 16.7. The zero-order valence-corrected chi connectivity index (χ0v) is 45.4. The average Bonchev–Trinajstić information content (AvgIpc) is 4.10. The molecule has 0 bridgehead atoms. The van der Waals surface area contributed by atoms with E-state index in [9.17, 15) is 5.26 Å². The lowest BCUT2D eigenvalue weighted by Crippen LogP contribution is -2.06. The van der Waals surface area contributed by atoms with E-state index in [0.717, 1.165) is 122 Å². The SMILES string of the molecule is Cc1cc(C)cc(-c2ccc3c4ccc(-c5cc(C)cc(C)c5)cc4n(-c4cc(-c5cccc(-c6ccccc6)n5)cc(-n5c6cc(-c7cc(C)cc(C)c7)ccc6c6ccc(-c7cc(C)cc(C)c7)cc65)c4C#N)c3c2)c1. The van der Waals surface area contributed by atoms with Gasteiger partial charge in [-0.3, -0.25) is 0 Å². The molecule has 0 aliphatic rings. The molecule has 0 amide bonds. The van der Waals surface area contributed by atoms with Gasteiger partial charge in [0.2, 0.25) is 0 Å². The fourth-order valence-electron chi connectivity index (χ4n) is 12.4. The van der Waals surface area contributed by atoms with E-state index in [1.54, 1.807) is 0 Å². The van der Waals surface area contributed by atoms with Gasteiger partial charge in [-0.1, -0.05) is 202 Å². The molecular formula is C74H58N4.